The highest BCUT2D eigenvalue weighted by Crippen LogP contribution is 2.49. The van der Waals surface area contributed by atoms with Gasteiger partial charge >= 0.3 is 5.69 Å². The number of nitro groups is 1. The van der Waals surface area contributed by atoms with Crippen LogP contribution in [0.5, 0.6) is 0 Å². The third kappa shape index (κ3) is 2.01. The van der Waals surface area contributed by atoms with Gasteiger partial charge in [0.15, 0.2) is 5.16 Å². The molecule has 1 aromatic heterocycles. The minimum atomic E-state index is -0.286. The summed E-state index contributed by atoms with van der Waals surface area (Å²) in [6.45, 7) is 0. The van der Waals surface area contributed by atoms with E-state index in [1.165, 1.54) is 11.8 Å². The van der Waals surface area contributed by atoms with E-state index in [1.807, 2.05) is 6.26 Å². The van der Waals surface area contributed by atoms with Crippen LogP contribution >= 0.6 is 11.8 Å². The van der Waals surface area contributed by atoms with E-state index in [4.69, 9.17) is 0 Å². The molecule has 1 aromatic rings. The molecule has 0 radical (unpaired) electrons. The number of thioether (sulfide) groups is 1. The molecule has 2 aliphatic rings. The molecule has 0 saturated heterocycles. The molecule has 0 spiro atoms. The summed E-state index contributed by atoms with van der Waals surface area (Å²) in [5.74, 6) is 0.587. The van der Waals surface area contributed by atoms with E-state index < -0.39 is 0 Å². The molecule has 0 N–H and O–H groups in total. The number of hydrogen-bond acceptors (Lipinski definition) is 5. The number of nitrogens with zero attached hydrogens (tertiary/aromatic N) is 3. The maximum Gasteiger partial charge on any atom is 0.312 e. The highest BCUT2D eigenvalue weighted by molar-refractivity contribution is 7.98. The van der Waals surface area contributed by atoms with Crippen molar-refractivity contribution in [1.29, 1.82) is 0 Å². The summed E-state index contributed by atoms with van der Waals surface area (Å²) in [5, 5.41) is 11.9. The van der Waals surface area contributed by atoms with Gasteiger partial charge in [-0.15, -0.1) is 0 Å². The zero-order valence-electron chi connectivity index (χ0n) is 9.55. The molecule has 2 aliphatic carbocycles. The van der Waals surface area contributed by atoms with Crippen LogP contribution in [0.1, 0.15) is 48.9 Å². The van der Waals surface area contributed by atoms with Crippen molar-refractivity contribution >= 4 is 17.4 Å². The van der Waals surface area contributed by atoms with E-state index >= 15 is 0 Å². The van der Waals surface area contributed by atoms with Crippen molar-refractivity contribution in [3.05, 3.63) is 21.5 Å². The van der Waals surface area contributed by atoms with Crippen LogP contribution in [0.15, 0.2) is 5.16 Å². The molecule has 1 heterocycles. The summed E-state index contributed by atoms with van der Waals surface area (Å²) in [4.78, 5) is 19.7. The third-order valence-electron chi connectivity index (χ3n) is 3.21. The molecule has 2 fully saturated rings. The summed E-state index contributed by atoms with van der Waals surface area (Å²) in [7, 11) is 0. The van der Waals surface area contributed by atoms with Crippen molar-refractivity contribution in [2.45, 2.75) is 42.7 Å². The predicted octanol–water partition coefficient (Wildman–Crippen LogP) is 2.86. The van der Waals surface area contributed by atoms with E-state index in [9.17, 15) is 10.1 Å². The Balaban J connectivity index is 2.15. The first-order chi connectivity index (χ1) is 8.20. The van der Waals surface area contributed by atoms with Crippen LogP contribution < -0.4 is 0 Å². The van der Waals surface area contributed by atoms with Crippen LogP contribution in [0, 0.1) is 10.1 Å². The van der Waals surface area contributed by atoms with E-state index in [2.05, 4.69) is 9.97 Å². The largest absolute Gasteiger partial charge is 0.312 e. The second-order valence-corrected chi connectivity index (χ2v) is 5.41. The van der Waals surface area contributed by atoms with Crippen molar-refractivity contribution in [2.75, 3.05) is 6.26 Å². The summed E-state index contributed by atoms with van der Waals surface area (Å²) in [6.07, 6.45) is 6.01. The summed E-state index contributed by atoms with van der Waals surface area (Å²) in [5.41, 5.74) is 1.56. The van der Waals surface area contributed by atoms with E-state index in [-0.39, 0.29) is 10.6 Å². The number of hydrogen-bond donors (Lipinski definition) is 0. The molecule has 0 unspecified atom stereocenters. The molecule has 0 atom stereocenters. The molecule has 0 bridgehead atoms. The molecule has 3 rings (SSSR count). The van der Waals surface area contributed by atoms with Gasteiger partial charge in [-0.25, -0.2) is 9.97 Å². The fraction of sp³-hybridized carbons (Fsp3) is 0.636. The van der Waals surface area contributed by atoms with E-state index in [0.29, 0.717) is 28.4 Å². The van der Waals surface area contributed by atoms with Gasteiger partial charge in [-0.2, -0.15) is 0 Å². The zero-order chi connectivity index (χ0) is 12.0. The van der Waals surface area contributed by atoms with Gasteiger partial charge in [0.05, 0.1) is 4.92 Å². The molecule has 6 heteroatoms. The highest BCUT2D eigenvalue weighted by Gasteiger charge is 2.40. The molecular formula is C11H13N3O2S. The maximum absolute atomic E-state index is 11.2. The zero-order valence-corrected chi connectivity index (χ0v) is 10.4. The van der Waals surface area contributed by atoms with Gasteiger partial charge in [0.2, 0.25) is 0 Å². The van der Waals surface area contributed by atoms with Gasteiger partial charge in [-0.3, -0.25) is 10.1 Å². The van der Waals surface area contributed by atoms with Gasteiger partial charge < -0.3 is 0 Å². The molecule has 2 saturated carbocycles. The predicted molar refractivity (Wildman–Crippen MR) is 64.4 cm³/mol. The highest BCUT2D eigenvalue weighted by atomic mass is 32.2. The Hall–Kier alpha value is -1.17. The molecule has 90 valence electrons. The van der Waals surface area contributed by atoms with E-state index in [0.717, 1.165) is 25.7 Å². The lowest BCUT2D eigenvalue weighted by molar-refractivity contribution is -0.387. The Morgan fingerprint density at radius 2 is 1.65 bits per heavy atom. The first-order valence-electron chi connectivity index (χ1n) is 5.81. The number of aromatic nitrogens is 2. The van der Waals surface area contributed by atoms with Crippen LogP contribution in [0.25, 0.3) is 0 Å². The Morgan fingerprint density at radius 3 is 1.94 bits per heavy atom. The Kier molecular flexibility index (Phi) is 2.54. The second-order valence-electron chi connectivity index (χ2n) is 4.64. The van der Waals surface area contributed by atoms with Crippen molar-refractivity contribution < 1.29 is 4.92 Å². The van der Waals surface area contributed by atoms with Crippen LogP contribution in [0.2, 0.25) is 0 Å². The lowest BCUT2D eigenvalue weighted by Gasteiger charge is -2.07. The standard InChI is InChI=1S/C11H13N3O2S/c1-17-11-12-8(6-2-3-6)10(14(15)16)9(13-11)7-4-5-7/h6-7H,2-5H2,1H3. The van der Waals surface area contributed by atoms with Crippen LogP contribution in [-0.2, 0) is 0 Å². The first-order valence-corrected chi connectivity index (χ1v) is 7.03. The Labute approximate surface area is 103 Å². The molecule has 17 heavy (non-hydrogen) atoms. The lowest BCUT2D eigenvalue weighted by atomic mass is 10.1. The molecule has 0 aromatic carbocycles. The lowest BCUT2D eigenvalue weighted by Crippen LogP contribution is -2.06. The fourth-order valence-electron chi connectivity index (χ4n) is 2.03. The minimum Gasteiger partial charge on any atom is -0.258 e. The molecule has 5 nitrogen and oxygen atoms in total. The summed E-state index contributed by atoms with van der Waals surface area (Å²) >= 11 is 1.46. The molecule has 0 amide bonds. The van der Waals surface area contributed by atoms with Gasteiger partial charge in [0, 0.05) is 11.8 Å². The van der Waals surface area contributed by atoms with Crippen molar-refractivity contribution in [1.82, 2.24) is 9.97 Å². The average Bonchev–Trinajstić information content (AvgIpc) is 3.19. The van der Waals surface area contributed by atoms with Gasteiger partial charge in [-0.1, -0.05) is 11.8 Å². The maximum atomic E-state index is 11.2. The normalized spacial score (nSPS) is 19.4. The second kappa shape index (κ2) is 3.94. The average molecular weight is 251 g/mol. The SMILES string of the molecule is CSc1nc(C2CC2)c([N+](=O)[O-])c(C2CC2)n1. The molecule has 0 aliphatic heterocycles. The monoisotopic (exact) mass is 251 g/mol. The topological polar surface area (TPSA) is 68.9 Å². The fourth-order valence-corrected chi connectivity index (χ4v) is 2.41. The van der Waals surface area contributed by atoms with E-state index in [1.54, 1.807) is 0 Å². The van der Waals surface area contributed by atoms with Crippen molar-refractivity contribution in [3.8, 4) is 0 Å². The van der Waals surface area contributed by atoms with Crippen LogP contribution in [0.4, 0.5) is 5.69 Å². The van der Waals surface area contributed by atoms with Crippen LogP contribution in [-0.4, -0.2) is 21.1 Å². The van der Waals surface area contributed by atoms with Crippen molar-refractivity contribution in [3.63, 3.8) is 0 Å². The smallest absolute Gasteiger partial charge is 0.258 e. The van der Waals surface area contributed by atoms with Gasteiger partial charge in [0.1, 0.15) is 11.4 Å². The Morgan fingerprint density at radius 1 is 1.18 bits per heavy atom. The third-order valence-corrected chi connectivity index (χ3v) is 3.76. The summed E-state index contributed by atoms with van der Waals surface area (Å²) in [6, 6.07) is 0. The summed E-state index contributed by atoms with van der Waals surface area (Å²) < 4.78 is 0. The molecular weight excluding hydrogens is 238 g/mol. The number of rotatable bonds is 4. The van der Waals surface area contributed by atoms with Gasteiger partial charge in [-0.05, 0) is 31.9 Å². The minimum absolute atomic E-state index is 0.202. The quantitative estimate of drug-likeness (QED) is 0.356. The van der Waals surface area contributed by atoms with Crippen molar-refractivity contribution in [2.24, 2.45) is 0 Å². The van der Waals surface area contributed by atoms with Gasteiger partial charge in [0.25, 0.3) is 0 Å². The first kappa shape index (κ1) is 11.0. The van der Waals surface area contributed by atoms with Crippen LogP contribution in [0.3, 0.4) is 0 Å². The Bertz CT molecular complexity index is 451.